The SMILES string of the molecule is C=C(C)C(=O)OC(=O)CCCCCCCCCCC.[H-].[K+]. The summed E-state index contributed by atoms with van der Waals surface area (Å²) in [6.45, 7) is 7.19. The van der Waals surface area contributed by atoms with Gasteiger partial charge in [-0.05, 0) is 13.3 Å². The fraction of sp³-hybridized carbons (Fsp3) is 0.750. The molecular weight excluding hydrogens is 279 g/mol. The molecule has 0 radical (unpaired) electrons. The Balaban J connectivity index is -0.00000162. The number of esters is 2. The zero-order chi connectivity index (χ0) is 14.5. The number of unbranched alkanes of at least 4 members (excludes halogenated alkanes) is 8. The summed E-state index contributed by atoms with van der Waals surface area (Å²) in [5.74, 6) is -1.04. The van der Waals surface area contributed by atoms with E-state index in [1.54, 1.807) is 0 Å². The number of hydrogen-bond donors (Lipinski definition) is 0. The van der Waals surface area contributed by atoms with Crippen LogP contribution in [-0.2, 0) is 14.3 Å². The van der Waals surface area contributed by atoms with Crippen LogP contribution < -0.4 is 51.4 Å². The smallest absolute Gasteiger partial charge is 1.00 e. The topological polar surface area (TPSA) is 43.4 Å². The average Bonchev–Trinajstić information content (AvgIpc) is 2.36. The number of carbonyl (C=O) groups excluding carboxylic acids is 2. The van der Waals surface area contributed by atoms with E-state index in [1.165, 1.54) is 45.4 Å². The van der Waals surface area contributed by atoms with Crippen LogP contribution in [0, 0.1) is 0 Å². The van der Waals surface area contributed by atoms with Crippen molar-refractivity contribution in [3.05, 3.63) is 12.2 Å². The maximum Gasteiger partial charge on any atom is 1.00 e. The monoisotopic (exact) mass is 308 g/mol. The van der Waals surface area contributed by atoms with E-state index in [9.17, 15) is 9.59 Å². The molecule has 0 atom stereocenters. The molecule has 20 heavy (non-hydrogen) atoms. The van der Waals surface area contributed by atoms with Gasteiger partial charge in [-0.3, -0.25) is 4.79 Å². The third-order valence-electron chi connectivity index (χ3n) is 3.04. The zero-order valence-electron chi connectivity index (χ0n) is 14.5. The Kier molecular flexibility index (Phi) is 18.1. The molecule has 0 N–H and O–H groups in total. The Morgan fingerprint density at radius 1 is 0.950 bits per heavy atom. The zero-order valence-corrected chi connectivity index (χ0v) is 16.6. The Morgan fingerprint density at radius 3 is 1.85 bits per heavy atom. The summed E-state index contributed by atoms with van der Waals surface area (Å²) in [5, 5.41) is 0. The van der Waals surface area contributed by atoms with E-state index in [4.69, 9.17) is 0 Å². The standard InChI is InChI=1S/C16H28O3.K.H/c1-4-5-6-7-8-9-10-11-12-13-15(17)19-16(18)14(2)3;;/h2,4-13H2,1,3H3;;/q;+1;-1. The van der Waals surface area contributed by atoms with Gasteiger partial charge in [0.2, 0.25) is 0 Å². The third kappa shape index (κ3) is 14.9. The van der Waals surface area contributed by atoms with Crippen LogP contribution >= 0.6 is 0 Å². The molecule has 3 nitrogen and oxygen atoms in total. The number of carbonyl (C=O) groups is 2. The molecule has 0 heterocycles. The number of hydrogen-bond acceptors (Lipinski definition) is 3. The second-order valence-corrected chi connectivity index (χ2v) is 5.12. The first-order valence-electron chi connectivity index (χ1n) is 7.48. The van der Waals surface area contributed by atoms with Crippen LogP contribution in [0.15, 0.2) is 12.2 Å². The minimum atomic E-state index is -0.610. The predicted molar refractivity (Wildman–Crippen MR) is 78.9 cm³/mol. The van der Waals surface area contributed by atoms with Crippen LogP contribution in [0.2, 0.25) is 0 Å². The third-order valence-corrected chi connectivity index (χ3v) is 3.04. The van der Waals surface area contributed by atoms with Crippen molar-refractivity contribution in [1.29, 1.82) is 0 Å². The Morgan fingerprint density at radius 2 is 1.40 bits per heavy atom. The van der Waals surface area contributed by atoms with E-state index in [0.717, 1.165) is 19.3 Å². The molecule has 0 aromatic heterocycles. The first-order valence-corrected chi connectivity index (χ1v) is 7.48. The molecule has 4 heteroatoms. The molecule has 0 amide bonds. The van der Waals surface area contributed by atoms with Gasteiger partial charge >= 0.3 is 63.3 Å². The molecule has 0 spiro atoms. The van der Waals surface area contributed by atoms with Gasteiger partial charge in [-0.25, -0.2) is 4.79 Å². The molecule has 0 aliphatic heterocycles. The summed E-state index contributed by atoms with van der Waals surface area (Å²) in [6, 6.07) is 0. The van der Waals surface area contributed by atoms with Crippen molar-refractivity contribution in [2.24, 2.45) is 0 Å². The van der Waals surface area contributed by atoms with Crippen molar-refractivity contribution < 1.29 is 67.1 Å². The molecular formula is C16H29KO3. The van der Waals surface area contributed by atoms with Crippen LogP contribution in [0.1, 0.15) is 79.5 Å². The van der Waals surface area contributed by atoms with Gasteiger partial charge in [-0.2, -0.15) is 0 Å². The van der Waals surface area contributed by atoms with Gasteiger partial charge in [0.1, 0.15) is 0 Å². The second kappa shape index (κ2) is 15.9. The van der Waals surface area contributed by atoms with E-state index in [0.29, 0.717) is 6.42 Å². The molecule has 0 aliphatic carbocycles. The summed E-state index contributed by atoms with van der Waals surface area (Å²) >= 11 is 0. The average molecular weight is 309 g/mol. The summed E-state index contributed by atoms with van der Waals surface area (Å²) in [7, 11) is 0. The molecule has 0 aliphatic rings. The molecule has 0 saturated heterocycles. The van der Waals surface area contributed by atoms with Crippen molar-refractivity contribution >= 4 is 11.9 Å². The first kappa shape index (κ1) is 22.8. The quantitative estimate of drug-likeness (QED) is 0.192. The van der Waals surface area contributed by atoms with E-state index >= 15 is 0 Å². The van der Waals surface area contributed by atoms with Crippen molar-refractivity contribution in [2.45, 2.75) is 78.1 Å². The molecule has 0 bridgehead atoms. The van der Waals surface area contributed by atoms with E-state index < -0.39 is 11.9 Å². The van der Waals surface area contributed by atoms with Crippen molar-refractivity contribution in [3.8, 4) is 0 Å². The number of ether oxygens (including phenoxy) is 1. The van der Waals surface area contributed by atoms with Crippen LogP contribution in [0.5, 0.6) is 0 Å². The summed E-state index contributed by atoms with van der Waals surface area (Å²) in [5.41, 5.74) is 0.264. The largest absolute Gasteiger partial charge is 1.00 e. The van der Waals surface area contributed by atoms with Crippen LogP contribution in [0.3, 0.4) is 0 Å². The Hall–Kier alpha value is 0.516. The summed E-state index contributed by atoms with van der Waals surface area (Å²) < 4.78 is 4.61. The van der Waals surface area contributed by atoms with E-state index in [-0.39, 0.29) is 58.4 Å². The first-order chi connectivity index (χ1) is 9.07. The summed E-state index contributed by atoms with van der Waals surface area (Å²) in [6.07, 6.45) is 11.1. The van der Waals surface area contributed by atoms with Gasteiger partial charge in [0.05, 0.1) is 0 Å². The normalized spacial score (nSPS) is 9.70. The Labute approximate surface area is 167 Å². The van der Waals surface area contributed by atoms with Gasteiger partial charge in [-0.15, -0.1) is 0 Å². The molecule has 112 valence electrons. The van der Waals surface area contributed by atoms with Crippen LogP contribution in [-0.4, -0.2) is 11.9 Å². The minimum absolute atomic E-state index is 0. The molecule has 0 unspecified atom stereocenters. The molecule has 0 fully saturated rings. The van der Waals surface area contributed by atoms with Gasteiger partial charge in [0.25, 0.3) is 0 Å². The summed E-state index contributed by atoms with van der Waals surface area (Å²) in [4.78, 5) is 22.4. The van der Waals surface area contributed by atoms with E-state index in [1.807, 2.05) is 0 Å². The fourth-order valence-electron chi connectivity index (χ4n) is 1.82. The molecule has 0 saturated carbocycles. The fourth-order valence-corrected chi connectivity index (χ4v) is 1.82. The van der Waals surface area contributed by atoms with Gasteiger partial charge < -0.3 is 6.16 Å². The van der Waals surface area contributed by atoms with E-state index in [2.05, 4.69) is 18.2 Å². The molecule has 0 rings (SSSR count). The predicted octanol–water partition coefficient (Wildman–Crippen LogP) is 1.67. The van der Waals surface area contributed by atoms with Crippen molar-refractivity contribution in [3.63, 3.8) is 0 Å². The minimum Gasteiger partial charge on any atom is -1.00 e. The van der Waals surface area contributed by atoms with Crippen LogP contribution in [0.4, 0.5) is 0 Å². The molecule has 0 aromatic carbocycles. The maximum absolute atomic E-state index is 11.3. The number of rotatable bonds is 11. The van der Waals surface area contributed by atoms with Crippen LogP contribution in [0.25, 0.3) is 0 Å². The van der Waals surface area contributed by atoms with Gasteiger partial charge in [0.15, 0.2) is 0 Å². The van der Waals surface area contributed by atoms with Gasteiger partial charge in [-0.1, -0.05) is 64.9 Å². The van der Waals surface area contributed by atoms with Gasteiger partial charge in [0, 0.05) is 12.0 Å². The Bertz CT molecular complexity index is 293. The van der Waals surface area contributed by atoms with Crippen molar-refractivity contribution in [2.75, 3.05) is 0 Å². The molecule has 0 aromatic rings. The second-order valence-electron chi connectivity index (χ2n) is 5.12. The maximum atomic E-state index is 11.3. The van der Waals surface area contributed by atoms with Crippen molar-refractivity contribution in [1.82, 2.24) is 0 Å².